The Morgan fingerprint density at radius 3 is 1.11 bits per heavy atom. The topological polar surface area (TPSA) is 149 Å². The molecule has 0 radical (unpaired) electrons. The van der Waals surface area contributed by atoms with Crippen molar-refractivity contribution in [1.82, 2.24) is 5.32 Å². The Hall–Kier alpha value is -2.63. The summed E-state index contributed by atoms with van der Waals surface area (Å²) in [4.78, 5) is 13.2. The van der Waals surface area contributed by atoms with Crippen molar-refractivity contribution < 1.29 is 39.8 Å². The van der Waals surface area contributed by atoms with Crippen LogP contribution >= 0.6 is 0 Å². The summed E-state index contributed by atoms with van der Waals surface area (Å²) in [5, 5.41) is 55.0. The van der Waals surface area contributed by atoms with Gasteiger partial charge in [0.25, 0.3) is 0 Å². The quantitative estimate of drug-likeness (QED) is 0.0261. The molecule has 7 atom stereocenters. The molecule has 1 fully saturated rings. The van der Waals surface area contributed by atoms with Gasteiger partial charge in [0.1, 0.15) is 24.4 Å². The molecule has 6 N–H and O–H groups in total. The Balaban J connectivity index is 2.14. The van der Waals surface area contributed by atoms with E-state index in [-0.39, 0.29) is 12.5 Å². The molecule has 83 heavy (non-hydrogen) atoms. The van der Waals surface area contributed by atoms with Gasteiger partial charge < -0.3 is 40.3 Å². The molecule has 0 bridgehead atoms. The molecule has 0 saturated carbocycles. The van der Waals surface area contributed by atoms with Crippen molar-refractivity contribution in [1.29, 1.82) is 0 Å². The molecule has 1 amide bonds. The lowest BCUT2D eigenvalue weighted by Crippen LogP contribution is -2.60. The van der Waals surface area contributed by atoms with Crippen molar-refractivity contribution in [2.24, 2.45) is 0 Å². The molecule has 0 spiro atoms. The first kappa shape index (κ1) is 78.4. The van der Waals surface area contributed by atoms with E-state index in [2.05, 4.69) is 104 Å². The van der Waals surface area contributed by atoms with Crippen LogP contribution in [0, 0.1) is 0 Å². The van der Waals surface area contributed by atoms with E-state index in [1.165, 1.54) is 199 Å². The normalized spacial score (nSPS) is 18.8. The maximum Gasteiger partial charge on any atom is 0.220 e. The number of unbranched alkanes of at least 4 members (excludes halogenated alkanes) is 37. The number of hydrogen-bond donors (Lipinski definition) is 6. The van der Waals surface area contributed by atoms with Crippen LogP contribution in [0.1, 0.15) is 322 Å². The molecular weight excluding hydrogens is 1030 g/mol. The maximum atomic E-state index is 13.2. The van der Waals surface area contributed by atoms with Crippen LogP contribution < -0.4 is 5.32 Å². The summed E-state index contributed by atoms with van der Waals surface area (Å²) in [6.45, 7) is 3.75. The zero-order chi connectivity index (χ0) is 60.0. The molecule has 1 saturated heterocycles. The van der Waals surface area contributed by atoms with Crippen LogP contribution in [0.25, 0.3) is 0 Å². The number of ether oxygens (including phenoxy) is 2. The van der Waals surface area contributed by atoms with Crippen molar-refractivity contribution in [2.75, 3.05) is 13.2 Å². The van der Waals surface area contributed by atoms with Gasteiger partial charge in [-0.3, -0.25) is 4.79 Å². The lowest BCUT2D eigenvalue weighted by atomic mass is 9.99. The lowest BCUT2D eigenvalue weighted by molar-refractivity contribution is -0.302. The van der Waals surface area contributed by atoms with Crippen LogP contribution in [0.4, 0.5) is 0 Å². The first-order valence-corrected chi connectivity index (χ1v) is 35.3. The summed E-state index contributed by atoms with van der Waals surface area (Å²) in [6, 6.07) is -0.733. The molecule has 1 aliphatic rings. The van der Waals surface area contributed by atoms with Crippen LogP contribution in [0.2, 0.25) is 0 Å². The van der Waals surface area contributed by atoms with Crippen molar-refractivity contribution in [3.8, 4) is 0 Å². The molecule has 1 heterocycles. The van der Waals surface area contributed by atoms with E-state index in [1.54, 1.807) is 0 Å². The van der Waals surface area contributed by atoms with Gasteiger partial charge in [0, 0.05) is 6.42 Å². The number of aliphatic hydroxyl groups excluding tert-OH is 5. The fourth-order valence-electron chi connectivity index (χ4n) is 11.0. The second-order valence-corrected chi connectivity index (χ2v) is 24.3. The van der Waals surface area contributed by atoms with E-state index < -0.39 is 49.5 Å². The number of nitrogens with one attached hydrogen (secondary N) is 1. The van der Waals surface area contributed by atoms with Gasteiger partial charge in [0.05, 0.1) is 25.4 Å². The van der Waals surface area contributed by atoms with Crippen molar-refractivity contribution >= 4 is 5.91 Å². The smallest absolute Gasteiger partial charge is 0.220 e. The number of amides is 1. The monoisotopic (exact) mass is 1160 g/mol. The first-order chi connectivity index (χ1) is 40.8. The zero-order valence-electron chi connectivity index (χ0n) is 53.9. The molecule has 7 unspecified atom stereocenters. The number of rotatable bonds is 61. The van der Waals surface area contributed by atoms with Crippen LogP contribution in [-0.4, -0.2) is 87.5 Å². The first-order valence-electron chi connectivity index (χ1n) is 35.3. The second-order valence-electron chi connectivity index (χ2n) is 24.3. The van der Waals surface area contributed by atoms with Gasteiger partial charge >= 0.3 is 0 Å². The highest BCUT2D eigenvalue weighted by Crippen LogP contribution is 2.24. The Bertz CT molecular complexity index is 1590. The predicted molar refractivity (Wildman–Crippen MR) is 355 cm³/mol. The summed E-state index contributed by atoms with van der Waals surface area (Å²) >= 11 is 0. The van der Waals surface area contributed by atoms with Gasteiger partial charge in [-0.2, -0.15) is 0 Å². The standard InChI is InChI=1S/C74H133NO8/c1-3-5-7-9-11-13-15-17-19-21-23-25-27-29-31-33-34-36-37-39-41-43-45-47-49-51-53-55-57-59-61-63-68(77)67(66-82-74-73(81)72(80)71(79)69(65-76)83-74)75-70(78)64-62-60-58-56-54-52-50-48-46-44-42-40-38-35-32-30-28-26-24-22-20-18-16-14-12-10-8-6-4-2/h6,8,12,14,18,20,24,26,30,32,38,40,44,46,67-69,71-74,76-77,79-81H,3-5,7,9-11,13,15-17,19,21-23,25,27-29,31,33-37,39,41-43,45,47-66H2,1-2H3,(H,75,78)/b8-6-,14-12-,20-18-,26-24-,32-30-,40-38-,46-44-. The van der Waals surface area contributed by atoms with Crippen LogP contribution in [0.15, 0.2) is 85.1 Å². The Kier molecular flexibility index (Phi) is 59.0. The molecule has 482 valence electrons. The summed E-state index contributed by atoms with van der Waals surface area (Å²) < 4.78 is 11.4. The van der Waals surface area contributed by atoms with Crippen molar-refractivity contribution in [3.63, 3.8) is 0 Å². The molecule has 9 nitrogen and oxygen atoms in total. The number of allylic oxidation sites excluding steroid dienone is 14. The number of aliphatic hydroxyl groups is 5. The fourth-order valence-corrected chi connectivity index (χ4v) is 11.0. The third-order valence-electron chi connectivity index (χ3n) is 16.5. The highest BCUT2D eigenvalue weighted by Gasteiger charge is 2.44. The van der Waals surface area contributed by atoms with Crippen molar-refractivity contribution in [3.05, 3.63) is 85.1 Å². The molecule has 1 aliphatic heterocycles. The minimum atomic E-state index is -1.56. The van der Waals surface area contributed by atoms with E-state index in [9.17, 15) is 30.3 Å². The highest BCUT2D eigenvalue weighted by atomic mass is 16.7. The second kappa shape index (κ2) is 62.4. The SMILES string of the molecule is CC/C=C\C/C=C\C/C=C\C/C=C\C/C=C\C/C=C\C/C=C\CCCCCCCCCC(=O)NC(COC1OC(CO)C(O)C(O)C1O)C(O)CCCCCCCCCCCCCCCCCCCCCCCCCCCCCCCCC. The molecule has 1 rings (SSSR count). The predicted octanol–water partition coefficient (Wildman–Crippen LogP) is 19.3. The Morgan fingerprint density at radius 2 is 0.747 bits per heavy atom. The maximum absolute atomic E-state index is 13.2. The van der Waals surface area contributed by atoms with Gasteiger partial charge in [-0.15, -0.1) is 0 Å². The van der Waals surface area contributed by atoms with Gasteiger partial charge in [0.15, 0.2) is 6.29 Å². The summed E-state index contributed by atoms with van der Waals surface area (Å²) in [5.74, 6) is -0.154. The van der Waals surface area contributed by atoms with Gasteiger partial charge in [0.2, 0.25) is 5.91 Å². The average Bonchev–Trinajstić information content (AvgIpc) is 3.60. The van der Waals surface area contributed by atoms with Crippen LogP contribution in [0.5, 0.6) is 0 Å². The van der Waals surface area contributed by atoms with E-state index in [1.807, 2.05) is 0 Å². The molecule has 0 aromatic heterocycles. The number of carbonyl (C=O) groups is 1. The van der Waals surface area contributed by atoms with E-state index in [0.717, 1.165) is 96.3 Å². The summed E-state index contributed by atoms with van der Waals surface area (Å²) in [5.41, 5.74) is 0. The van der Waals surface area contributed by atoms with E-state index in [0.29, 0.717) is 12.8 Å². The molecule has 9 heteroatoms. The fraction of sp³-hybridized carbons (Fsp3) is 0.797. The van der Waals surface area contributed by atoms with Gasteiger partial charge in [-0.1, -0.05) is 330 Å². The third-order valence-corrected chi connectivity index (χ3v) is 16.5. The Labute approximate surface area is 511 Å². The van der Waals surface area contributed by atoms with Crippen molar-refractivity contribution in [2.45, 2.75) is 365 Å². The highest BCUT2D eigenvalue weighted by molar-refractivity contribution is 5.76. The lowest BCUT2D eigenvalue weighted by Gasteiger charge is -2.40. The van der Waals surface area contributed by atoms with Gasteiger partial charge in [-0.25, -0.2) is 0 Å². The molecule has 0 aromatic rings. The van der Waals surface area contributed by atoms with Crippen LogP contribution in [0.3, 0.4) is 0 Å². The molecular formula is C74H133NO8. The summed E-state index contributed by atoms with van der Waals surface area (Å²) in [6.07, 6.45) is 82.2. The third kappa shape index (κ3) is 51.2. The zero-order valence-corrected chi connectivity index (χ0v) is 53.9. The van der Waals surface area contributed by atoms with Gasteiger partial charge in [-0.05, 0) is 70.6 Å². The molecule has 0 aromatic carbocycles. The van der Waals surface area contributed by atoms with E-state index in [4.69, 9.17) is 9.47 Å². The van der Waals surface area contributed by atoms with Crippen LogP contribution in [-0.2, 0) is 14.3 Å². The summed E-state index contributed by atoms with van der Waals surface area (Å²) in [7, 11) is 0. The largest absolute Gasteiger partial charge is 0.394 e. The number of hydrogen-bond acceptors (Lipinski definition) is 8. The number of carbonyl (C=O) groups excluding carboxylic acids is 1. The Morgan fingerprint density at radius 1 is 0.422 bits per heavy atom. The molecule has 0 aliphatic carbocycles. The minimum Gasteiger partial charge on any atom is -0.394 e. The average molecular weight is 1160 g/mol. The minimum absolute atomic E-state index is 0.146. The van der Waals surface area contributed by atoms with E-state index >= 15 is 0 Å².